The molecule has 1 saturated carbocycles. The third-order valence-corrected chi connectivity index (χ3v) is 3.28. The summed E-state index contributed by atoms with van der Waals surface area (Å²) in [5.41, 5.74) is 1.14. The molecule has 19 heavy (non-hydrogen) atoms. The third-order valence-electron chi connectivity index (χ3n) is 3.28. The smallest absolute Gasteiger partial charge is 0.246 e. The third kappa shape index (κ3) is 5.26. The van der Waals surface area contributed by atoms with Crippen LogP contribution in [0.3, 0.4) is 0 Å². The molecule has 0 saturated heterocycles. The molecular formula is C16H21NO2. The Labute approximate surface area is 114 Å². The first-order valence-corrected chi connectivity index (χ1v) is 6.94. The number of nitrogens with one attached hydrogen (secondary N) is 1. The quantitative estimate of drug-likeness (QED) is 0.853. The summed E-state index contributed by atoms with van der Waals surface area (Å²) >= 11 is 0. The van der Waals surface area contributed by atoms with Crippen LogP contribution in [0.15, 0.2) is 36.4 Å². The van der Waals surface area contributed by atoms with Crippen LogP contribution in [0.25, 0.3) is 6.08 Å². The lowest BCUT2D eigenvalue weighted by atomic mass is 10.2. The predicted octanol–water partition coefficient (Wildman–Crippen LogP) is 2.78. The summed E-state index contributed by atoms with van der Waals surface area (Å²) in [6.45, 7) is 0.728. The van der Waals surface area contributed by atoms with E-state index in [0.717, 1.165) is 18.4 Å². The molecule has 0 spiro atoms. The van der Waals surface area contributed by atoms with Gasteiger partial charge in [0, 0.05) is 6.54 Å². The van der Waals surface area contributed by atoms with E-state index < -0.39 is 0 Å². The van der Waals surface area contributed by atoms with Crippen LogP contribution in [0, 0.1) is 0 Å². The van der Waals surface area contributed by atoms with Crippen molar-refractivity contribution in [3.8, 4) is 0 Å². The minimum Gasteiger partial charge on any atom is -0.368 e. The Balaban J connectivity index is 1.59. The molecule has 0 aliphatic heterocycles. The first kappa shape index (κ1) is 13.8. The van der Waals surface area contributed by atoms with E-state index in [0.29, 0.717) is 12.6 Å². The van der Waals surface area contributed by atoms with Gasteiger partial charge in [-0.25, -0.2) is 0 Å². The molecule has 3 heteroatoms. The van der Waals surface area contributed by atoms with E-state index in [1.165, 1.54) is 12.8 Å². The van der Waals surface area contributed by atoms with Gasteiger partial charge in [-0.15, -0.1) is 0 Å². The van der Waals surface area contributed by atoms with Gasteiger partial charge in [0.05, 0.1) is 6.10 Å². The average Bonchev–Trinajstić information content (AvgIpc) is 2.96. The largest absolute Gasteiger partial charge is 0.368 e. The van der Waals surface area contributed by atoms with Gasteiger partial charge in [-0.1, -0.05) is 55.3 Å². The molecule has 2 rings (SSSR count). The summed E-state index contributed by atoms with van der Waals surface area (Å²) in [5.74, 6) is -0.0374. The number of carbonyl (C=O) groups excluding carboxylic acids is 1. The van der Waals surface area contributed by atoms with Gasteiger partial charge in [-0.05, 0) is 18.4 Å². The van der Waals surface area contributed by atoms with E-state index in [4.69, 9.17) is 4.74 Å². The van der Waals surface area contributed by atoms with Crippen molar-refractivity contribution in [1.29, 1.82) is 0 Å². The summed E-state index contributed by atoms with van der Waals surface area (Å²) in [7, 11) is 0. The monoisotopic (exact) mass is 259 g/mol. The highest BCUT2D eigenvalue weighted by Crippen LogP contribution is 2.20. The Morgan fingerprint density at radius 3 is 2.74 bits per heavy atom. The van der Waals surface area contributed by atoms with E-state index in [1.54, 1.807) is 0 Å². The van der Waals surface area contributed by atoms with E-state index in [2.05, 4.69) is 5.32 Å². The van der Waals surface area contributed by atoms with Gasteiger partial charge in [0.1, 0.15) is 6.61 Å². The maximum atomic E-state index is 11.5. The first-order valence-electron chi connectivity index (χ1n) is 6.94. The van der Waals surface area contributed by atoms with Gasteiger partial charge in [0.15, 0.2) is 0 Å². The van der Waals surface area contributed by atoms with Crippen LogP contribution in [-0.2, 0) is 9.53 Å². The second-order valence-corrected chi connectivity index (χ2v) is 4.83. The maximum Gasteiger partial charge on any atom is 0.246 e. The van der Waals surface area contributed by atoms with Crippen LogP contribution >= 0.6 is 0 Å². The number of carbonyl (C=O) groups is 1. The molecule has 0 heterocycles. The first-order chi connectivity index (χ1) is 9.34. The molecule has 1 aliphatic carbocycles. The van der Waals surface area contributed by atoms with Crippen molar-refractivity contribution in [3.05, 3.63) is 42.0 Å². The summed E-state index contributed by atoms with van der Waals surface area (Å²) in [5, 5.41) is 2.83. The molecule has 102 valence electrons. The molecule has 1 aliphatic rings. The fourth-order valence-electron chi connectivity index (χ4n) is 2.23. The lowest BCUT2D eigenvalue weighted by molar-refractivity contribution is -0.127. The summed E-state index contributed by atoms with van der Waals surface area (Å²) in [6, 6.07) is 10.0. The Hall–Kier alpha value is -1.61. The Morgan fingerprint density at radius 1 is 1.26 bits per heavy atom. The highest BCUT2D eigenvalue weighted by Gasteiger charge is 2.16. The molecule has 1 aromatic rings. The highest BCUT2D eigenvalue weighted by molar-refractivity contribution is 5.77. The predicted molar refractivity (Wildman–Crippen MR) is 76.7 cm³/mol. The number of hydrogen-bond donors (Lipinski definition) is 1. The van der Waals surface area contributed by atoms with Crippen LogP contribution in [0.4, 0.5) is 0 Å². The molecule has 1 N–H and O–H groups in total. The van der Waals surface area contributed by atoms with E-state index in [-0.39, 0.29) is 12.5 Å². The van der Waals surface area contributed by atoms with Gasteiger partial charge < -0.3 is 10.1 Å². The van der Waals surface area contributed by atoms with Crippen LogP contribution in [0.5, 0.6) is 0 Å². The zero-order chi connectivity index (χ0) is 13.3. The number of rotatable bonds is 6. The maximum absolute atomic E-state index is 11.5. The van der Waals surface area contributed by atoms with Gasteiger partial charge in [0.25, 0.3) is 0 Å². The van der Waals surface area contributed by atoms with Crippen LogP contribution in [0.1, 0.15) is 31.2 Å². The van der Waals surface area contributed by atoms with E-state index in [1.807, 2.05) is 42.5 Å². The average molecular weight is 259 g/mol. The van der Waals surface area contributed by atoms with Gasteiger partial charge in [-0.2, -0.15) is 0 Å². The molecule has 3 nitrogen and oxygen atoms in total. The van der Waals surface area contributed by atoms with Crippen LogP contribution < -0.4 is 5.32 Å². The Kier molecular flexibility index (Phi) is 5.63. The van der Waals surface area contributed by atoms with E-state index >= 15 is 0 Å². The zero-order valence-electron chi connectivity index (χ0n) is 11.2. The number of hydrogen-bond acceptors (Lipinski definition) is 2. The standard InChI is InChI=1S/C16H21NO2/c18-16(13-19-15-10-4-5-11-15)17-12-6-9-14-7-2-1-3-8-14/h1-3,6-9,15H,4-5,10-13H2,(H,17,18)/b9-6-. The fraction of sp³-hybridized carbons (Fsp3) is 0.438. The van der Waals surface area contributed by atoms with Crippen molar-refractivity contribution in [2.75, 3.05) is 13.2 Å². The normalized spacial score (nSPS) is 16.0. The molecular weight excluding hydrogens is 238 g/mol. The molecule has 1 fully saturated rings. The molecule has 0 aromatic heterocycles. The van der Waals surface area contributed by atoms with Crippen molar-refractivity contribution in [2.24, 2.45) is 0 Å². The molecule has 1 aromatic carbocycles. The number of ether oxygens (including phenoxy) is 1. The lowest BCUT2D eigenvalue weighted by Gasteiger charge is -2.10. The van der Waals surface area contributed by atoms with Crippen molar-refractivity contribution in [1.82, 2.24) is 5.32 Å². The van der Waals surface area contributed by atoms with Gasteiger partial charge in [0.2, 0.25) is 5.91 Å². The molecule has 0 atom stereocenters. The second kappa shape index (κ2) is 7.74. The van der Waals surface area contributed by atoms with Crippen molar-refractivity contribution in [2.45, 2.75) is 31.8 Å². The molecule has 0 bridgehead atoms. The number of benzene rings is 1. The van der Waals surface area contributed by atoms with Crippen molar-refractivity contribution >= 4 is 12.0 Å². The topological polar surface area (TPSA) is 38.3 Å². The van der Waals surface area contributed by atoms with Gasteiger partial charge in [-0.3, -0.25) is 4.79 Å². The Morgan fingerprint density at radius 2 is 2.00 bits per heavy atom. The molecule has 0 unspecified atom stereocenters. The zero-order valence-corrected chi connectivity index (χ0v) is 11.2. The summed E-state index contributed by atoms with van der Waals surface area (Å²) < 4.78 is 5.54. The molecule has 1 amide bonds. The van der Waals surface area contributed by atoms with Crippen LogP contribution in [-0.4, -0.2) is 25.2 Å². The Bertz CT molecular complexity index is 408. The fourth-order valence-corrected chi connectivity index (χ4v) is 2.23. The van der Waals surface area contributed by atoms with Crippen molar-refractivity contribution < 1.29 is 9.53 Å². The minimum atomic E-state index is -0.0374. The summed E-state index contributed by atoms with van der Waals surface area (Å²) in [6.07, 6.45) is 8.90. The van der Waals surface area contributed by atoms with E-state index in [9.17, 15) is 4.79 Å². The highest BCUT2D eigenvalue weighted by atomic mass is 16.5. The minimum absolute atomic E-state index is 0.0374. The number of amides is 1. The SMILES string of the molecule is O=C(COC1CCCC1)NC/C=C\c1ccccc1. The van der Waals surface area contributed by atoms with Gasteiger partial charge >= 0.3 is 0 Å². The second-order valence-electron chi connectivity index (χ2n) is 4.83. The van der Waals surface area contributed by atoms with Crippen LogP contribution in [0.2, 0.25) is 0 Å². The summed E-state index contributed by atoms with van der Waals surface area (Å²) in [4.78, 5) is 11.5. The molecule has 0 radical (unpaired) electrons. The lowest BCUT2D eigenvalue weighted by Crippen LogP contribution is -2.29. The van der Waals surface area contributed by atoms with Crippen molar-refractivity contribution in [3.63, 3.8) is 0 Å².